The van der Waals surface area contributed by atoms with E-state index >= 15 is 0 Å². The average Bonchev–Trinajstić information content (AvgIpc) is 3.00. The molecule has 0 spiro atoms. The lowest BCUT2D eigenvalue weighted by Crippen LogP contribution is -2.38. The molecule has 2 heterocycles. The van der Waals surface area contributed by atoms with Crippen LogP contribution in [0.15, 0.2) is 54.2 Å². The Hall–Kier alpha value is -3.15. The van der Waals surface area contributed by atoms with Gasteiger partial charge >= 0.3 is 0 Å². The van der Waals surface area contributed by atoms with E-state index in [0.29, 0.717) is 53.9 Å². The molecule has 6 heteroatoms. The number of carbonyl (C=O) groups excluding carboxylic acids is 2. The molecule has 0 radical (unpaired) electrons. The third kappa shape index (κ3) is 3.70. The van der Waals surface area contributed by atoms with E-state index < -0.39 is 5.91 Å². The molecule has 1 fully saturated rings. The zero-order chi connectivity index (χ0) is 21.3. The van der Waals surface area contributed by atoms with Crippen molar-refractivity contribution in [3.63, 3.8) is 0 Å². The molecule has 2 aromatic carbocycles. The minimum Gasteiger partial charge on any atom is -0.494 e. The minimum atomic E-state index is -0.395. The molecule has 2 aliphatic rings. The number of likely N-dealkylation sites (tertiary alicyclic amines) is 1. The number of hydrogen-bond donors (Lipinski definition) is 0. The lowest BCUT2D eigenvalue weighted by Gasteiger charge is -2.32. The van der Waals surface area contributed by atoms with Gasteiger partial charge in [0.25, 0.3) is 11.8 Å². The molecular formula is C24H25FN2O3. The summed E-state index contributed by atoms with van der Waals surface area (Å²) < 4.78 is 19.0. The Bertz CT molecular complexity index is 992. The molecule has 2 amide bonds. The summed E-state index contributed by atoms with van der Waals surface area (Å²) in [7, 11) is 0. The van der Waals surface area contributed by atoms with Crippen molar-refractivity contribution in [2.45, 2.75) is 26.7 Å². The van der Waals surface area contributed by atoms with Crippen LogP contribution >= 0.6 is 0 Å². The maximum absolute atomic E-state index is 13.5. The monoisotopic (exact) mass is 408 g/mol. The quantitative estimate of drug-likeness (QED) is 0.695. The standard InChI is InChI=1S/C24H25FN2O3/c1-3-30-20-6-4-5-19(15-20)27-23(28)21(17-7-9-18(25)10-8-17)22(24(27)29)26-13-11-16(2)12-14-26/h4-10,15-16H,3,11-14H2,1-2H3. The number of carbonyl (C=O) groups is 2. The molecule has 30 heavy (non-hydrogen) atoms. The normalized spacial score (nSPS) is 17.8. The smallest absolute Gasteiger partial charge is 0.282 e. The van der Waals surface area contributed by atoms with Crippen LogP contribution in [-0.2, 0) is 9.59 Å². The third-order valence-electron chi connectivity index (χ3n) is 5.68. The van der Waals surface area contributed by atoms with E-state index in [2.05, 4.69) is 6.92 Å². The second kappa shape index (κ2) is 8.30. The molecule has 0 unspecified atom stereocenters. The molecule has 0 bridgehead atoms. The fraction of sp³-hybridized carbons (Fsp3) is 0.333. The lowest BCUT2D eigenvalue weighted by molar-refractivity contribution is -0.120. The van der Waals surface area contributed by atoms with Gasteiger partial charge in [-0.1, -0.05) is 25.1 Å². The Kier molecular flexibility index (Phi) is 5.57. The van der Waals surface area contributed by atoms with Crippen LogP contribution in [-0.4, -0.2) is 36.4 Å². The summed E-state index contributed by atoms with van der Waals surface area (Å²) >= 11 is 0. The van der Waals surface area contributed by atoms with E-state index in [-0.39, 0.29) is 11.7 Å². The van der Waals surface area contributed by atoms with Gasteiger partial charge in [-0.15, -0.1) is 0 Å². The minimum absolute atomic E-state index is 0.330. The van der Waals surface area contributed by atoms with Crippen LogP contribution in [0.5, 0.6) is 5.75 Å². The van der Waals surface area contributed by atoms with Gasteiger partial charge in [0.05, 0.1) is 17.9 Å². The number of imide groups is 1. The van der Waals surface area contributed by atoms with Crippen molar-refractivity contribution in [2.24, 2.45) is 5.92 Å². The average molecular weight is 408 g/mol. The highest BCUT2D eigenvalue weighted by Crippen LogP contribution is 2.37. The molecule has 5 nitrogen and oxygen atoms in total. The number of halogens is 1. The van der Waals surface area contributed by atoms with Crippen LogP contribution in [0, 0.1) is 11.7 Å². The summed E-state index contributed by atoms with van der Waals surface area (Å²) in [5.41, 5.74) is 1.75. The van der Waals surface area contributed by atoms with Crippen LogP contribution in [0.2, 0.25) is 0 Å². The zero-order valence-electron chi connectivity index (χ0n) is 17.2. The molecule has 0 N–H and O–H groups in total. The van der Waals surface area contributed by atoms with Crippen molar-refractivity contribution in [3.05, 3.63) is 65.6 Å². The van der Waals surface area contributed by atoms with E-state index in [4.69, 9.17) is 4.74 Å². The fourth-order valence-corrected chi connectivity index (χ4v) is 4.03. The van der Waals surface area contributed by atoms with E-state index in [1.54, 1.807) is 36.4 Å². The van der Waals surface area contributed by atoms with E-state index in [9.17, 15) is 14.0 Å². The Morgan fingerprint density at radius 2 is 1.73 bits per heavy atom. The van der Waals surface area contributed by atoms with Gasteiger partial charge in [0.15, 0.2) is 0 Å². The summed E-state index contributed by atoms with van der Waals surface area (Å²) in [5.74, 6) is 0.0589. The van der Waals surface area contributed by atoms with Gasteiger partial charge in [-0.2, -0.15) is 0 Å². The molecule has 2 aromatic rings. The molecule has 156 valence electrons. The second-order valence-corrected chi connectivity index (χ2v) is 7.78. The van der Waals surface area contributed by atoms with Gasteiger partial charge in [-0.25, -0.2) is 9.29 Å². The number of nitrogens with zero attached hydrogens (tertiary/aromatic N) is 2. The number of piperidine rings is 1. The zero-order valence-corrected chi connectivity index (χ0v) is 17.2. The first-order chi connectivity index (χ1) is 14.5. The van der Waals surface area contributed by atoms with Crippen molar-refractivity contribution in [1.29, 1.82) is 0 Å². The van der Waals surface area contributed by atoms with E-state index in [0.717, 1.165) is 12.8 Å². The largest absolute Gasteiger partial charge is 0.494 e. The van der Waals surface area contributed by atoms with E-state index in [1.807, 2.05) is 11.8 Å². The lowest BCUT2D eigenvalue weighted by atomic mass is 9.97. The number of amides is 2. The molecule has 0 aromatic heterocycles. The second-order valence-electron chi connectivity index (χ2n) is 7.78. The Balaban J connectivity index is 1.77. The van der Waals surface area contributed by atoms with Crippen LogP contribution in [0.4, 0.5) is 10.1 Å². The Labute approximate surface area is 175 Å². The molecule has 0 aliphatic carbocycles. The maximum atomic E-state index is 13.5. The van der Waals surface area contributed by atoms with Crippen LogP contribution in [0.3, 0.4) is 0 Å². The van der Waals surface area contributed by atoms with Gasteiger partial charge in [-0.05, 0) is 55.5 Å². The first-order valence-electron chi connectivity index (χ1n) is 10.4. The predicted molar refractivity (Wildman–Crippen MR) is 113 cm³/mol. The SMILES string of the molecule is CCOc1cccc(N2C(=O)C(c3ccc(F)cc3)=C(N3CCC(C)CC3)C2=O)c1. The van der Waals surface area contributed by atoms with Gasteiger partial charge in [0.1, 0.15) is 17.3 Å². The van der Waals surface area contributed by atoms with Crippen LogP contribution in [0.1, 0.15) is 32.3 Å². The van der Waals surface area contributed by atoms with Crippen molar-refractivity contribution in [3.8, 4) is 5.75 Å². The van der Waals surface area contributed by atoms with Gasteiger partial charge in [-0.3, -0.25) is 9.59 Å². The summed E-state index contributed by atoms with van der Waals surface area (Å²) in [6, 6.07) is 12.7. The molecule has 0 atom stereocenters. The Morgan fingerprint density at radius 3 is 2.40 bits per heavy atom. The molecular weight excluding hydrogens is 383 g/mol. The first kappa shape index (κ1) is 20.1. The maximum Gasteiger partial charge on any atom is 0.282 e. The molecule has 4 rings (SSSR count). The highest BCUT2D eigenvalue weighted by atomic mass is 19.1. The third-order valence-corrected chi connectivity index (χ3v) is 5.68. The highest BCUT2D eigenvalue weighted by molar-refractivity contribution is 6.45. The van der Waals surface area contributed by atoms with Gasteiger partial charge < -0.3 is 9.64 Å². The summed E-state index contributed by atoms with van der Waals surface area (Å²) in [6.45, 7) is 5.99. The topological polar surface area (TPSA) is 49.9 Å². The number of hydrogen-bond acceptors (Lipinski definition) is 4. The highest BCUT2D eigenvalue weighted by Gasteiger charge is 2.43. The molecule has 2 aliphatic heterocycles. The number of rotatable bonds is 5. The summed E-state index contributed by atoms with van der Waals surface area (Å²) in [4.78, 5) is 30.2. The Morgan fingerprint density at radius 1 is 1.03 bits per heavy atom. The fourth-order valence-electron chi connectivity index (χ4n) is 4.03. The predicted octanol–water partition coefficient (Wildman–Crippen LogP) is 4.24. The van der Waals surface area contributed by atoms with Gasteiger partial charge in [0.2, 0.25) is 0 Å². The van der Waals surface area contributed by atoms with E-state index in [1.165, 1.54) is 17.0 Å². The van der Waals surface area contributed by atoms with Gasteiger partial charge in [0, 0.05) is 19.2 Å². The summed E-state index contributed by atoms with van der Waals surface area (Å²) in [6.07, 6.45) is 1.92. The number of benzene rings is 2. The van der Waals surface area contributed by atoms with Crippen molar-refractivity contribution < 1.29 is 18.7 Å². The van der Waals surface area contributed by atoms with Crippen molar-refractivity contribution >= 4 is 23.1 Å². The number of anilines is 1. The summed E-state index contributed by atoms with van der Waals surface area (Å²) in [5, 5.41) is 0. The molecule has 1 saturated heterocycles. The van der Waals surface area contributed by atoms with Crippen molar-refractivity contribution in [2.75, 3.05) is 24.6 Å². The first-order valence-corrected chi connectivity index (χ1v) is 10.4. The van der Waals surface area contributed by atoms with Crippen LogP contribution < -0.4 is 9.64 Å². The van der Waals surface area contributed by atoms with Crippen molar-refractivity contribution in [1.82, 2.24) is 4.90 Å². The van der Waals surface area contributed by atoms with Crippen LogP contribution in [0.25, 0.3) is 5.57 Å². The number of ether oxygens (including phenoxy) is 1. The molecule has 0 saturated carbocycles.